The zero-order valence-electron chi connectivity index (χ0n) is 6.42. The van der Waals surface area contributed by atoms with E-state index in [1.807, 2.05) is 6.92 Å². The number of carbonyl (C=O) groups excluding carboxylic acids is 2. The summed E-state index contributed by atoms with van der Waals surface area (Å²) >= 11 is 0. The monoisotopic (exact) mass is 154 g/mol. The summed E-state index contributed by atoms with van der Waals surface area (Å²) in [5.74, 6) is -0.769. The molecule has 60 valence electrons. The van der Waals surface area contributed by atoms with Crippen LogP contribution in [0.25, 0.3) is 0 Å². The molecule has 1 saturated heterocycles. The zero-order valence-corrected chi connectivity index (χ0v) is 6.42. The number of ether oxygens (including phenoxy) is 1. The first-order valence-electron chi connectivity index (χ1n) is 3.91. The smallest absolute Gasteiger partial charge is 0.320 e. The summed E-state index contributed by atoms with van der Waals surface area (Å²) in [5, 5.41) is 0. The highest BCUT2D eigenvalue weighted by Crippen LogP contribution is 2.48. The quantitative estimate of drug-likeness (QED) is 0.384. The van der Waals surface area contributed by atoms with Gasteiger partial charge in [0.05, 0.1) is 11.3 Å². The number of rotatable bonds is 0. The Kier molecular flexibility index (Phi) is 1.14. The molecular formula is C8H10O3. The van der Waals surface area contributed by atoms with E-state index in [1.54, 1.807) is 0 Å². The van der Waals surface area contributed by atoms with Crippen molar-refractivity contribution in [1.29, 1.82) is 0 Å². The molecule has 2 atom stereocenters. The largest absolute Gasteiger partial charge is 0.392 e. The summed E-state index contributed by atoms with van der Waals surface area (Å²) in [6.45, 7) is 1.83. The fraction of sp³-hybridized carbons (Fsp3) is 0.750. The molecule has 0 amide bonds. The Morgan fingerprint density at radius 1 is 1.55 bits per heavy atom. The van der Waals surface area contributed by atoms with E-state index in [0.29, 0.717) is 0 Å². The van der Waals surface area contributed by atoms with Crippen LogP contribution < -0.4 is 0 Å². The second-order valence-corrected chi connectivity index (χ2v) is 3.57. The molecule has 11 heavy (non-hydrogen) atoms. The first-order valence-corrected chi connectivity index (χ1v) is 3.91. The fourth-order valence-corrected chi connectivity index (χ4v) is 2.07. The summed E-state index contributed by atoms with van der Waals surface area (Å²) < 4.78 is 4.55. The van der Waals surface area contributed by atoms with E-state index in [2.05, 4.69) is 4.74 Å². The lowest BCUT2D eigenvalue weighted by molar-refractivity contribution is -0.155. The molecule has 1 aliphatic carbocycles. The molecule has 2 fully saturated rings. The van der Waals surface area contributed by atoms with Gasteiger partial charge in [0.15, 0.2) is 0 Å². The average Bonchev–Trinajstić information content (AvgIpc) is 2.39. The maximum absolute atomic E-state index is 11.1. The molecule has 0 radical (unpaired) electrons. The van der Waals surface area contributed by atoms with Crippen LogP contribution in [0.2, 0.25) is 0 Å². The van der Waals surface area contributed by atoms with Gasteiger partial charge < -0.3 is 4.74 Å². The normalized spacial score (nSPS) is 42.5. The maximum atomic E-state index is 11.1. The summed E-state index contributed by atoms with van der Waals surface area (Å²) in [4.78, 5) is 22.2. The summed E-state index contributed by atoms with van der Waals surface area (Å²) in [6, 6.07) is 0. The van der Waals surface area contributed by atoms with Crippen LogP contribution >= 0.6 is 0 Å². The number of esters is 2. The summed E-state index contributed by atoms with van der Waals surface area (Å²) in [6.07, 6.45) is 2.60. The van der Waals surface area contributed by atoms with Crippen LogP contribution in [-0.4, -0.2) is 11.9 Å². The van der Waals surface area contributed by atoms with E-state index in [4.69, 9.17) is 0 Å². The Morgan fingerprint density at radius 3 is 2.91 bits per heavy atom. The molecule has 2 aliphatic rings. The minimum absolute atomic E-state index is 0.144. The van der Waals surface area contributed by atoms with Crippen molar-refractivity contribution in [2.75, 3.05) is 0 Å². The molecule has 0 bridgehead atoms. The van der Waals surface area contributed by atoms with Crippen molar-refractivity contribution in [2.24, 2.45) is 11.3 Å². The molecule has 1 unspecified atom stereocenters. The van der Waals surface area contributed by atoms with Gasteiger partial charge in [-0.1, -0.05) is 6.42 Å². The van der Waals surface area contributed by atoms with Gasteiger partial charge in [-0.15, -0.1) is 0 Å². The minimum atomic E-state index is -0.475. The molecule has 0 spiro atoms. The second kappa shape index (κ2) is 1.84. The molecule has 0 aromatic heterocycles. The molecule has 3 heteroatoms. The van der Waals surface area contributed by atoms with Crippen LogP contribution in [0.15, 0.2) is 0 Å². The van der Waals surface area contributed by atoms with Crippen LogP contribution in [0.4, 0.5) is 0 Å². The third-order valence-electron chi connectivity index (χ3n) is 2.90. The molecule has 0 aromatic rings. The average molecular weight is 154 g/mol. The number of hydrogen-bond acceptors (Lipinski definition) is 3. The molecule has 1 aliphatic heterocycles. The Bertz CT molecular complexity index is 233. The van der Waals surface area contributed by atoms with Gasteiger partial charge >= 0.3 is 11.9 Å². The lowest BCUT2D eigenvalue weighted by Crippen LogP contribution is -2.24. The van der Waals surface area contributed by atoms with Crippen molar-refractivity contribution in [1.82, 2.24) is 0 Å². The highest BCUT2D eigenvalue weighted by atomic mass is 16.6. The van der Waals surface area contributed by atoms with Crippen molar-refractivity contribution in [3.63, 3.8) is 0 Å². The molecule has 2 rings (SSSR count). The van der Waals surface area contributed by atoms with Crippen LogP contribution in [0.1, 0.15) is 26.2 Å². The van der Waals surface area contributed by atoms with E-state index in [1.165, 1.54) is 0 Å². The fourth-order valence-electron chi connectivity index (χ4n) is 2.07. The lowest BCUT2D eigenvalue weighted by Gasteiger charge is -2.14. The number of cyclic esters (lactones) is 2. The van der Waals surface area contributed by atoms with Crippen LogP contribution in [-0.2, 0) is 14.3 Å². The van der Waals surface area contributed by atoms with E-state index in [9.17, 15) is 9.59 Å². The Hall–Kier alpha value is -0.860. The molecular weight excluding hydrogens is 144 g/mol. The van der Waals surface area contributed by atoms with Gasteiger partial charge in [0.2, 0.25) is 0 Å². The van der Waals surface area contributed by atoms with E-state index < -0.39 is 5.41 Å². The van der Waals surface area contributed by atoms with Crippen LogP contribution in [0.5, 0.6) is 0 Å². The highest BCUT2D eigenvalue weighted by Gasteiger charge is 2.56. The first kappa shape index (κ1) is 6.83. The van der Waals surface area contributed by atoms with Gasteiger partial charge in [-0.3, -0.25) is 9.59 Å². The summed E-state index contributed by atoms with van der Waals surface area (Å²) in [5.41, 5.74) is -0.475. The lowest BCUT2D eigenvalue weighted by atomic mass is 9.82. The topological polar surface area (TPSA) is 43.4 Å². The van der Waals surface area contributed by atoms with Crippen molar-refractivity contribution in [2.45, 2.75) is 26.2 Å². The van der Waals surface area contributed by atoms with Crippen molar-refractivity contribution < 1.29 is 14.3 Å². The van der Waals surface area contributed by atoms with Gasteiger partial charge in [0, 0.05) is 0 Å². The van der Waals surface area contributed by atoms with Crippen molar-refractivity contribution >= 4 is 11.9 Å². The third kappa shape index (κ3) is 0.682. The van der Waals surface area contributed by atoms with E-state index >= 15 is 0 Å². The SMILES string of the molecule is C[C@@]12CCCC1C(=O)OC2=O. The molecule has 1 heterocycles. The standard InChI is InChI=1S/C8H10O3/c1-8-4-2-3-5(8)6(9)11-7(8)10/h5H,2-4H2,1H3/t5?,8-/m1/s1. The van der Waals surface area contributed by atoms with Gasteiger partial charge in [-0.05, 0) is 19.8 Å². The van der Waals surface area contributed by atoms with Gasteiger partial charge in [0.25, 0.3) is 0 Å². The summed E-state index contributed by atoms with van der Waals surface area (Å²) in [7, 11) is 0. The maximum Gasteiger partial charge on any atom is 0.320 e. The number of fused-ring (bicyclic) bond motifs is 1. The van der Waals surface area contributed by atoms with Gasteiger partial charge in [-0.25, -0.2) is 0 Å². The molecule has 3 nitrogen and oxygen atoms in total. The minimum Gasteiger partial charge on any atom is -0.392 e. The van der Waals surface area contributed by atoms with E-state index in [0.717, 1.165) is 19.3 Å². The van der Waals surface area contributed by atoms with Crippen molar-refractivity contribution in [3.05, 3.63) is 0 Å². The number of hydrogen-bond donors (Lipinski definition) is 0. The Morgan fingerprint density at radius 2 is 2.27 bits per heavy atom. The Labute approximate surface area is 64.7 Å². The van der Waals surface area contributed by atoms with E-state index in [-0.39, 0.29) is 17.9 Å². The predicted molar refractivity (Wildman–Crippen MR) is 36.5 cm³/mol. The second-order valence-electron chi connectivity index (χ2n) is 3.57. The molecule has 0 aromatic carbocycles. The van der Waals surface area contributed by atoms with Crippen LogP contribution in [0.3, 0.4) is 0 Å². The first-order chi connectivity index (χ1) is 5.14. The van der Waals surface area contributed by atoms with Crippen LogP contribution in [0, 0.1) is 11.3 Å². The molecule has 1 saturated carbocycles. The molecule has 0 N–H and O–H groups in total. The Balaban J connectivity index is 2.39. The van der Waals surface area contributed by atoms with Gasteiger partial charge in [0.1, 0.15) is 0 Å². The van der Waals surface area contributed by atoms with Gasteiger partial charge in [-0.2, -0.15) is 0 Å². The van der Waals surface area contributed by atoms with Crippen molar-refractivity contribution in [3.8, 4) is 0 Å². The predicted octanol–water partition coefficient (Wildman–Crippen LogP) is 0.876. The number of carbonyl (C=O) groups is 2. The zero-order chi connectivity index (χ0) is 8.06. The third-order valence-corrected chi connectivity index (χ3v) is 2.90. The highest BCUT2D eigenvalue weighted by molar-refractivity contribution is 5.99.